The van der Waals surface area contributed by atoms with Gasteiger partial charge in [-0.25, -0.2) is 26.2 Å². The van der Waals surface area contributed by atoms with Gasteiger partial charge >= 0.3 is 34.2 Å². The largest absolute Gasteiger partial charge is 2.00 e. The Morgan fingerprint density at radius 3 is 1.16 bits per heavy atom. The zero-order valence-corrected chi connectivity index (χ0v) is 27.8. The third-order valence-electron chi connectivity index (χ3n) is 6.75. The molecule has 43 heavy (non-hydrogen) atoms. The molecule has 2 N–H and O–H groups in total. The molecular weight excluding hydrogens is 613 g/mol. The molecule has 0 saturated heterocycles. The minimum absolute atomic E-state index is 0. The summed E-state index contributed by atoms with van der Waals surface area (Å²) in [5.74, 6) is -1.33. The molecule has 2 aromatic carbocycles. The minimum Gasteiger partial charge on any atom is -0.744 e. The van der Waals surface area contributed by atoms with E-state index in [1.165, 1.54) is 23.5 Å². The molecule has 2 atom stereocenters. The van der Waals surface area contributed by atoms with Crippen LogP contribution in [0.25, 0.3) is 11.4 Å². The summed E-state index contributed by atoms with van der Waals surface area (Å²) in [6.07, 6.45) is 0. The molecule has 0 amide bonds. The van der Waals surface area contributed by atoms with E-state index in [2.05, 4.69) is 0 Å². The van der Waals surface area contributed by atoms with E-state index in [-0.39, 0.29) is 55.3 Å². The fourth-order valence-corrected chi connectivity index (χ4v) is 6.14. The second-order valence-corrected chi connectivity index (χ2v) is 12.6. The Hall–Kier alpha value is -3.03. The van der Waals surface area contributed by atoms with E-state index in [0.29, 0.717) is 22.8 Å². The first kappa shape index (κ1) is 36.2. The van der Waals surface area contributed by atoms with E-state index < -0.39 is 32.0 Å². The van der Waals surface area contributed by atoms with Crippen molar-refractivity contribution in [1.82, 2.24) is 18.7 Å². The van der Waals surface area contributed by atoms with Gasteiger partial charge in [0.15, 0.2) is 11.8 Å². The van der Waals surface area contributed by atoms with E-state index >= 15 is 0 Å². The average Bonchev–Trinajstić information content (AvgIpc) is 3.25. The fraction of sp³-hybridized carbons (Fsp3) is 0.308. The summed E-state index contributed by atoms with van der Waals surface area (Å²) < 4.78 is 71.6. The van der Waals surface area contributed by atoms with Crippen LogP contribution < -0.4 is 20.9 Å². The molecule has 0 aliphatic rings. The van der Waals surface area contributed by atoms with Crippen LogP contribution in [-0.2, 0) is 34.3 Å². The van der Waals surface area contributed by atoms with Crippen LogP contribution in [0.4, 0.5) is 11.4 Å². The van der Waals surface area contributed by atoms with Crippen LogP contribution in [0.3, 0.4) is 0 Å². The van der Waals surface area contributed by atoms with Crippen molar-refractivity contribution < 1.29 is 35.7 Å². The fourth-order valence-electron chi connectivity index (χ4n) is 4.79. The summed E-state index contributed by atoms with van der Waals surface area (Å²) in [6.45, 7) is 3.44. The number of hydrogen-bond donors (Lipinski definition) is 2. The molecule has 0 aliphatic heterocycles. The van der Waals surface area contributed by atoms with Gasteiger partial charge in [-0.15, -0.1) is 0 Å². The van der Waals surface area contributed by atoms with Crippen LogP contribution in [0.2, 0.25) is 0 Å². The topological polar surface area (TPSA) is 177 Å². The number of hydrogen-bond acceptors (Lipinski definition) is 8. The molecule has 228 valence electrons. The van der Waals surface area contributed by atoms with Crippen molar-refractivity contribution in [2.24, 2.45) is 14.1 Å². The van der Waals surface area contributed by atoms with E-state index in [9.17, 15) is 35.5 Å². The zero-order valence-electron chi connectivity index (χ0n) is 24.8. The second kappa shape index (κ2) is 14.2. The number of rotatable bonds is 8. The number of para-hydroxylation sites is 2. The quantitative estimate of drug-likeness (QED) is 0.161. The van der Waals surface area contributed by atoms with Crippen molar-refractivity contribution in [1.29, 1.82) is 0 Å². The van der Waals surface area contributed by atoms with Gasteiger partial charge in [0.25, 0.3) is 0 Å². The summed E-state index contributed by atoms with van der Waals surface area (Å²) in [5.41, 5.74) is 2.48. The van der Waals surface area contributed by atoms with Crippen LogP contribution >= 0.6 is 0 Å². The monoisotopic (exact) mass is 646 g/mol. The molecule has 0 bridgehead atoms. The van der Waals surface area contributed by atoms with Gasteiger partial charge in [0.05, 0.1) is 36.9 Å². The molecule has 0 saturated carbocycles. The maximum atomic E-state index is 12.6. The Balaban J connectivity index is 0.000000293. The molecule has 0 fully saturated rings. The van der Waals surface area contributed by atoms with Crippen molar-refractivity contribution >= 4 is 54.7 Å². The standard InChI is InChI=1S/2C13H17N3O4S.Mg/c2*1-10-12(14(2)9-21(18,19)20)13(17)16(15(10)3)11-7-5-4-6-8-11;/h2*4-8H,9H2,1-3H3,(H,18,19,20);/q;;+2. The number of nitrogens with one attached hydrogen (secondary N) is 2. The summed E-state index contributed by atoms with van der Waals surface area (Å²) in [4.78, 5) is 25.6. The number of aromatic nitrogens is 4. The molecule has 14 nitrogen and oxygen atoms in total. The maximum Gasteiger partial charge on any atom is 2.00 e. The smallest absolute Gasteiger partial charge is 0.744 e. The summed E-state index contributed by atoms with van der Waals surface area (Å²) in [5, 5.41) is 0. The van der Waals surface area contributed by atoms with E-state index in [4.69, 9.17) is 0 Å². The molecule has 0 spiro atoms. The van der Waals surface area contributed by atoms with Gasteiger partial charge in [-0.05, 0) is 38.1 Å². The van der Waals surface area contributed by atoms with E-state index in [1.807, 2.05) is 36.4 Å². The normalized spacial score (nSPS) is 13.0. The number of nitrogens with zero attached hydrogens (tertiary/aromatic N) is 4. The average molecular weight is 647 g/mol. The minimum atomic E-state index is -4.42. The molecule has 2 unspecified atom stereocenters. The van der Waals surface area contributed by atoms with Gasteiger partial charge in [-0.1, -0.05) is 36.4 Å². The Labute approximate surface area is 266 Å². The van der Waals surface area contributed by atoms with Gasteiger partial charge in [0, 0.05) is 14.1 Å². The van der Waals surface area contributed by atoms with Gasteiger partial charge in [0.1, 0.15) is 20.2 Å². The predicted molar refractivity (Wildman–Crippen MR) is 159 cm³/mol. The van der Waals surface area contributed by atoms with Gasteiger partial charge in [-0.3, -0.25) is 28.8 Å². The maximum absolute atomic E-state index is 12.6. The Bertz CT molecular complexity index is 1760. The molecule has 17 heteroatoms. The van der Waals surface area contributed by atoms with E-state index in [0.717, 1.165) is 0 Å². The number of quaternary nitrogens is 2. The van der Waals surface area contributed by atoms with Crippen LogP contribution in [-0.4, -0.2) is 93.6 Å². The third kappa shape index (κ3) is 8.54. The SMILES string of the molecule is Cc1c([NH+](C)CS(=O)(=O)[O-])c(=O)n(-c2ccccc2)n1C.Cc1c([NH+](C)CS(=O)(=O)[O-])c(=O)n(-c2ccccc2)n1C.[Mg+2]. The molecule has 2 aromatic heterocycles. The Kier molecular flexibility index (Phi) is 11.9. The van der Waals surface area contributed by atoms with Crippen LogP contribution in [0.15, 0.2) is 70.3 Å². The zero-order chi connectivity index (χ0) is 31.6. The summed E-state index contributed by atoms with van der Waals surface area (Å²) >= 11 is 0. The van der Waals surface area contributed by atoms with Crippen molar-refractivity contribution in [3.05, 3.63) is 92.8 Å². The molecular formula is C26H34MgN6O8S2+2. The molecule has 4 rings (SSSR count). The summed E-state index contributed by atoms with van der Waals surface area (Å²) in [7, 11) is -2.42. The van der Waals surface area contributed by atoms with E-state index in [1.54, 1.807) is 61.6 Å². The van der Waals surface area contributed by atoms with Crippen molar-refractivity contribution in [2.45, 2.75) is 13.8 Å². The first-order chi connectivity index (χ1) is 19.4. The van der Waals surface area contributed by atoms with Crippen molar-refractivity contribution in [3.8, 4) is 11.4 Å². The molecule has 2 heterocycles. The summed E-state index contributed by atoms with van der Waals surface area (Å²) in [6, 6.07) is 18.0. The first-order valence-electron chi connectivity index (χ1n) is 12.7. The van der Waals surface area contributed by atoms with Crippen LogP contribution in [0, 0.1) is 13.8 Å². The van der Waals surface area contributed by atoms with Gasteiger partial charge in [0.2, 0.25) is 11.4 Å². The van der Waals surface area contributed by atoms with Crippen molar-refractivity contribution in [2.75, 3.05) is 25.8 Å². The molecule has 0 radical (unpaired) electrons. The molecule has 4 aromatic rings. The van der Waals surface area contributed by atoms with Crippen LogP contribution in [0.1, 0.15) is 11.4 Å². The Morgan fingerprint density at radius 1 is 0.628 bits per heavy atom. The second-order valence-electron chi connectivity index (χ2n) is 9.84. The van der Waals surface area contributed by atoms with Crippen LogP contribution in [0.5, 0.6) is 0 Å². The first-order valence-corrected chi connectivity index (χ1v) is 15.8. The van der Waals surface area contributed by atoms with Gasteiger partial charge in [-0.2, -0.15) is 0 Å². The number of benzene rings is 2. The Morgan fingerprint density at radius 2 is 0.907 bits per heavy atom. The third-order valence-corrected chi connectivity index (χ3v) is 8.32. The molecule has 0 aliphatic carbocycles. The van der Waals surface area contributed by atoms with Crippen molar-refractivity contribution in [3.63, 3.8) is 0 Å². The van der Waals surface area contributed by atoms with Gasteiger partial charge < -0.3 is 9.11 Å². The predicted octanol–water partition coefficient (Wildman–Crippen LogP) is -2.11.